The van der Waals surface area contributed by atoms with Gasteiger partial charge < -0.3 is 19.4 Å². The van der Waals surface area contributed by atoms with E-state index in [-0.39, 0.29) is 24.0 Å². The van der Waals surface area contributed by atoms with Crippen LogP contribution < -0.4 is 10.1 Å². The molecule has 2 aromatic heterocycles. The number of hydrogen-bond acceptors (Lipinski definition) is 3. The second-order valence-electron chi connectivity index (χ2n) is 6.76. The maximum atomic E-state index is 5.34. The maximum Gasteiger partial charge on any atom is 0.194 e. The topological polar surface area (TPSA) is 54.2 Å². The van der Waals surface area contributed by atoms with Gasteiger partial charge in [0.05, 0.1) is 19.3 Å². The van der Waals surface area contributed by atoms with Gasteiger partial charge in [-0.05, 0) is 41.8 Å². The Hall–Kier alpha value is -2.55. The van der Waals surface area contributed by atoms with Crippen LogP contribution in [-0.2, 0) is 6.54 Å². The fraction of sp³-hybridized carbons (Fsp3) is 0.273. The Balaban J connectivity index is 0.00000240. The Morgan fingerprint density at radius 2 is 2.14 bits per heavy atom. The number of aliphatic imine (C=N–C) groups is 1. The molecule has 0 aliphatic carbocycles. The van der Waals surface area contributed by atoms with E-state index in [1.165, 1.54) is 11.1 Å². The fourth-order valence-electron chi connectivity index (χ4n) is 3.52. The van der Waals surface area contributed by atoms with Crippen LogP contribution in [0.1, 0.15) is 17.7 Å². The maximum absolute atomic E-state index is 5.34. The molecule has 0 spiro atoms. The molecule has 7 heteroatoms. The van der Waals surface area contributed by atoms with E-state index in [0.717, 1.165) is 42.6 Å². The number of guanidine groups is 1. The lowest BCUT2D eigenvalue weighted by Crippen LogP contribution is -2.43. The van der Waals surface area contributed by atoms with Crippen LogP contribution in [0.25, 0.3) is 11.2 Å². The van der Waals surface area contributed by atoms with E-state index in [2.05, 4.69) is 38.4 Å². The quantitative estimate of drug-likeness (QED) is 0.334. The third-order valence-corrected chi connectivity index (χ3v) is 5.00. The molecule has 3 heterocycles. The van der Waals surface area contributed by atoms with Crippen LogP contribution in [0.3, 0.4) is 0 Å². The Labute approximate surface area is 188 Å². The number of hydrogen-bond donors (Lipinski definition) is 1. The van der Waals surface area contributed by atoms with Crippen molar-refractivity contribution in [2.24, 2.45) is 4.99 Å². The molecule has 6 nitrogen and oxygen atoms in total. The molecular weight excluding hydrogens is 477 g/mol. The van der Waals surface area contributed by atoms with E-state index < -0.39 is 0 Å². The fourth-order valence-corrected chi connectivity index (χ4v) is 3.52. The number of nitrogens with zero attached hydrogens (tertiary/aromatic N) is 4. The summed E-state index contributed by atoms with van der Waals surface area (Å²) in [5.74, 6) is 1.80. The minimum absolute atomic E-state index is 0. The number of rotatable bonds is 4. The highest BCUT2D eigenvalue weighted by molar-refractivity contribution is 14.0. The Bertz CT molecular complexity index is 994. The van der Waals surface area contributed by atoms with Gasteiger partial charge in [-0.3, -0.25) is 4.99 Å². The van der Waals surface area contributed by atoms with Crippen molar-refractivity contribution in [1.29, 1.82) is 0 Å². The van der Waals surface area contributed by atoms with Crippen LogP contribution in [0.5, 0.6) is 5.75 Å². The van der Waals surface area contributed by atoms with Crippen LogP contribution in [-0.4, -0.2) is 47.5 Å². The second-order valence-corrected chi connectivity index (χ2v) is 6.76. The zero-order chi connectivity index (χ0) is 19.3. The number of nitrogens with one attached hydrogen (secondary N) is 1. The number of pyridine rings is 1. The molecule has 1 aromatic carbocycles. The monoisotopic (exact) mass is 503 g/mol. The predicted octanol–water partition coefficient (Wildman–Crippen LogP) is 3.83. The largest absolute Gasteiger partial charge is 0.497 e. The minimum atomic E-state index is 0. The van der Waals surface area contributed by atoms with Crippen molar-refractivity contribution in [3.8, 4) is 5.75 Å². The van der Waals surface area contributed by atoms with Crippen LogP contribution in [0.15, 0.2) is 65.9 Å². The van der Waals surface area contributed by atoms with Gasteiger partial charge in [0.25, 0.3) is 0 Å². The first-order valence-electron chi connectivity index (χ1n) is 9.48. The standard InChI is InChI=1S/C22H25N5O.HI/c1-23-22(24-15-19-16-27-11-4-3-8-21(27)25-19)26-12-9-17(10-13-26)18-6-5-7-20(14-18)28-2;/h3-9,11,14,16H,10,12-13,15H2,1-2H3,(H,23,24);1H. The molecule has 1 aliphatic rings. The van der Waals surface area contributed by atoms with Gasteiger partial charge in [0.1, 0.15) is 11.4 Å². The summed E-state index contributed by atoms with van der Waals surface area (Å²) in [6.07, 6.45) is 7.31. The molecular formula is C22H26IN5O. The molecule has 3 aromatic rings. The lowest BCUT2D eigenvalue weighted by molar-refractivity contribution is 0.414. The van der Waals surface area contributed by atoms with Gasteiger partial charge in [0.15, 0.2) is 5.96 Å². The highest BCUT2D eigenvalue weighted by atomic mass is 127. The Morgan fingerprint density at radius 3 is 2.86 bits per heavy atom. The van der Waals surface area contributed by atoms with Crippen LogP contribution in [0, 0.1) is 0 Å². The van der Waals surface area contributed by atoms with Crippen LogP contribution in [0.4, 0.5) is 0 Å². The molecule has 29 heavy (non-hydrogen) atoms. The highest BCUT2D eigenvalue weighted by Crippen LogP contribution is 2.25. The van der Waals surface area contributed by atoms with Gasteiger partial charge in [-0.25, -0.2) is 4.98 Å². The van der Waals surface area contributed by atoms with E-state index in [0.29, 0.717) is 6.54 Å². The van der Waals surface area contributed by atoms with E-state index in [9.17, 15) is 0 Å². The second kappa shape index (κ2) is 9.78. The van der Waals surface area contributed by atoms with Gasteiger partial charge in [-0.15, -0.1) is 24.0 Å². The van der Waals surface area contributed by atoms with Gasteiger partial charge in [-0.2, -0.15) is 0 Å². The van der Waals surface area contributed by atoms with Crippen LogP contribution in [0.2, 0.25) is 0 Å². The number of aromatic nitrogens is 2. The number of methoxy groups -OCH3 is 1. The first-order valence-corrected chi connectivity index (χ1v) is 9.48. The summed E-state index contributed by atoms with van der Waals surface area (Å²) >= 11 is 0. The first-order chi connectivity index (χ1) is 13.8. The van der Waals surface area contributed by atoms with Gasteiger partial charge >= 0.3 is 0 Å². The van der Waals surface area contributed by atoms with E-state index in [4.69, 9.17) is 4.74 Å². The van der Waals surface area contributed by atoms with Crippen molar-refractivity contribution >= 4 is 41.2 Å². The molecule has 0 atom stereocenters. The van der Waals surface area contributed by atoms with Crippen molar-refractivity contribution in [1.82, 2.24) is 19.6 Å². The highest BCUT2D eigenvalue weighted by Gasteiger charge is 2.16. The molecule has 0 unspecified atom stereocenters. The van der Waals surface area contributed by atoms with Gasteiger partial charge in [-0.1, -0.05) is 24.3 Å². The zero-order valence-electron chi connectivity index (χ0n) is 16.7. The Morgan fingerprint density at radius 1 is 1.24 bits per heavy atom. The smallest absolute Gasteiger partial charge is 0.194 e. The van der Waals surface area contributed by atoms with E-state index in [1.54, 1.807) is 7.11 Å². The number of benzene rings is 1. The molecule has 0 saturated heterocycles. The average molecular weight is 503 g/mol. The van der Waals surface area contributed by atoms with E-state index >= 15 is 0 Å². The number of fused-ring (bicyclic) bond motifs is 1. The SMILES string of the molecule is CN=C(NCc1cn2ccccc2n1)N1CC=C(c2cccc(OC)c2)CC1.I. The molecule has 0 bridgehead atoms. The van der Waals surface area contributed by atoms with Crippen molar-refractivity contribution in [3.63, 3.8) is 0 Å². The summed E-state index contributed by atoms with van der Waals surface area (Å²) in [5.41, 5.74) is 4.53. The van der Waals surface area contributed by atoms with Crippen LogP contribution >= 0.6 is 24.0 Å². The molecule has 1 aliphatic heterocycles. The third-order valence-electron chi connectivity index (χ3n) is 5.00. The van der Waals surface area contributed by atoms with Crippen molar-refractivity contribution in [2.75, 3.05) is 27.2 Å². The number of ether oxygens (including phenoxy) is 1. The molecule has 152 valence electrons. The molecule has 0 saturated carbocycles. The third kappa shape index (κ3) is 4.90. The molecule has 0 fully saturated rings. The van der Waals surface area contributed by atoms with Crippen molar-refractivity contribution in [2.45, 2.75) is 13.0 Å². The molecule has 1 N–H and O–H groups in total. The lowest BCUT2D eigenvalue weighted by atomic mass is 9.99. The molecule has 4 rings (SSSR count). The summed E-state index contributed by atoms with van der Waals surface area (Å²) in [6, 6.07) is 14.3. The lowest BCUT2D eigenvalue weighted by Gasteiger charge is -2.29. The normalized spacial score (nSPS) is 14.3. The minimum Gasteiger partial charge on any atom is -0.497 e. The van der Waals surface area contributed by atoms with Gasteiger partial charge in [0.2, 0.25) is 0 Å². The predicted molar refractivity (Wildman–Crippen MR) is 128 cm³/mol. The summed E-state index contributed by atoms with van der Waals surface area (Å²) < 4.78 is 7.38. The summed E-state index contributed by atoms with van der Waals surface area (Å²) in [4.78, 5) is 11.4. The molecule has 0 amide bonds. The first kappa shape index (κ1) is 21.2. The average Bonchev–Trinajstić information content (AvgIpc) is 3.17. The summed E-state index contributed by atoms with van der Waals surface area (Å²) in [6.45, 7) is 2.41. The molecule has 0 radical (unpaired) electrons. The summed E-state index contributed by atoms with van der Waals surface area (Å²) in [7, 11) is 3.53. The van der Waals surface area contributed by atoms with Gasteiger partial charge in [0, 0.05) is 32.5 Å². The zero-order valence-corrected chi connectivity index (χ0v) is 19.0. The van der Waals surface area contributed by atoms with E-state index in [1.807, 2.05) is 54.2 Å². The van der Waals surface area contributed by atoms with Crippen molar-refractivity contribution in [3.05, 3.63) is 72.2 Å². The van der Waals surface area contributed by atoms with Crippen molar-refractivity contribution < 1.29 is 4.74 Å². The Kier molecular flexibility index (Phi) is 7.13. The number of halogens is 1. The number of imidazole rings is 1. The summed E-state index contributed by atoms with van der Waals surface area (Å²) in [5, 5.41) is 3.44.